The van der Waals surface area contributed by atoms with Crippen LogP contribution in [0.15, 0.2) is 36.4 Å². The van der Waals surface area contributed by atoms with E-state index in [2.05, 4.69) is 5.32 Å². The Labute approximate surface area is 160 Å². The molecule has 2 rings (SSSR count). The highest BCUT2D eigenvalue weighted by Crippen LogP contribution is 2.28. The van der Waals surface area contributed by atoms with Gasteiger partial charge in [0, 0.05) is 17.1 Å². The number of hydrogen-bond acceptors (Lipinski definition) is 3. The second-order valence-electron chi connectivity index (χ2n) is 6.35. The fourth-order valence-corrected chi connectivity index (χ4v) is 4.24. The van der Waals surface area contributed by atoms with Crippen LogP contribution in [0.3, 0.4) is 0 Å². The topological polar surface area (TPSA) is 66.5 Å². The molecule has 5 nitrogen and oxygen atoms in total. The van der Waals surface area contributed by atoms with Crippen LogP contribution in [0.1, 0.15) is 27.0 Å². The highest BCUT2D eigenvalue weighted by molar-refractivity contribution is 7.92. The van der Waals surface area contributed by atoms with Crippen LogP contribution in [0, 0.1) is 20.8 Å². The molecule has 0 saturated carbocycles. The number of rotatable bonds is 6. The van der Waals surface area contributed by atoms with E-state index in [0.29, 0.717) is 16.3 Å². The van der Waals surface area contributed by atoms with Gasteiger partial charge in [-0.15, -0.1) is 0 Å². The maximum atomic E-state index is 12.3. The van der Waals surface area contributed by atoms with Crippen molar-refractivity contribution >= 4 is 33.2 Å². The first-order chi connectivity index (χ1) is 12.1. The Kier molecular flexibility index (Phi) is 6.31. The maximum absolute atomic E-state index is 12.3. The molecule has 2 aromatic carbocycles. The summed E-state index contributed by atoms with van der Waals surface area (Å²) in [5, 5.41) is 3.22. The molecule has 0 bridgehead atoms. The molecule has 1 amide bonds. The second-order valence-corrected chi connectivity index (χ2v) is 8.69. The third-order valence-corrected chi connectivity index (χ3v) is 5.37. The summed E-state index contributed by atoms with van der Waals surface area (Å²) < 4.78 is 26.0. The van der Waals surface area contributed by atoms with Crippen LogP contribution >= 0.6 is 11.6 Å². The summed E-state index contributed by atoms with van der Waals surface area (Å²) in [6, 6.07) is 10.5. The SMILES string of the molecule is Cc1cc(C)c(N(CCNC(=O)c2cccc(Cl)c2)S(C)(=O)=O)c(C)c1. The normalized spacial score (nSPS) is 11.3. The van der Waals surface area contributed by atoms with Gasteiger partial charge in [0.15, 0.2) is 0 Å². The molecule has 0 heterocycles. The fourth-order valence-electron chi connectivity index (χ4n) is 3.01. The van der Waals surface area contributed by atoms with Gasteiger partial charge in [0.2, 0.25) is 10.0 Å². The first kappa shape index (κ1) is 20.3. The van der Waals surface area contributed by atoms with Crippen molar-refractivity contribution in [3.8, 4) is 0 Å². The molecule has 0 aliphatic heterocycles. The van der Waals surface area contributed by atoms with E-state index in [4.69, 9.17) is 11.6 Å². The van der Waals surface area contributed by atoms with Gasteiger partial charge in [0.05, 0.1) is 18.5 Å². The van der Waals surface area contributed by atoms with Gasteiger partial charge in [-0.3, -0.25) is 9.10 Å². The second kappa shape index (κ2) is 8.10. The van der Waals surface area contributed by atoms with Crippen LogP contribution in [0.5, 0.6) is 0 Å². The minimum Gasteiger partial charge on any atom is -0.350 e. The minimum absolute atomic E-state index is 0.149. The summed E-state index contributed by atoms with van der Waals surface area (Å²) in [4.78, 5) is 12.2. The van der Waals surface area contributed by atoms with Crippen molar-refractivity contribution in [2.75, 3.05) is 23.7 Å². The predicted molar refractivity (Wildman–Crippen MR) is 107 cm³/mol. The Balaban J connectivity index is 2.17. The van der Waals surface area contributed by atoms with Gasteiger partial charge < -0.3 is 5.32 Å². The molecule has 26 heavy (non-hydrogen) atoms. The van der Waals surface area contributed by atoms with Crippen molar-refractivity contribution in [2.45, 2.75) is 20.8 Å². The Morgan fingerprint density at radius 2 is 1.73 bits per heavy atom. The van der Waals surface area contributed by atoms with E-state index in [9.17, 15) is 13.2 Å². The van der Waals surface area contributed by atoms with Gasteiger partial charge in [-0.2, -0.15) is 0 Å². The number of hydrogen-bond donors (Lipinski definition) is 1. The van der Waals surface area contributed by atoms with E-state index in [1.54, 1.807) is 24.3 Å². The van der Waals surface area contributed by atoms with E-state index in [1.807, 2.05) is 32.9 Å². The first-order valence-electron chi connectivity index (χ1n) is 8.19. The number of anilines is 1. The molecular weight excluding hydrogens is 372 g/mol. The third kappa shape index (κ3) is 4.99. The quantitative estimate of drug-likeness (QED) is 0.815. The molecule has 0 unspecified atom stereocenters. The van der Waals surface area contributed by atoms with Gasteiger partial charge in [0.1, 0.15) is 0 Å². The summed E-state index contributed by atoms with van der Waals surface area (Å²) >= 11 is 5.89. The Morgan fingerprint density at radius 1 is 1.12 bits per heavy atom. The average molecular weight is 395 g/mol. The van der Waals surface area contributed by atoms with E-state index in [-0.39, 0.29) is 19.0 Å². The zero-order valence-corrected chi connectivity index (χ0v) is 16.9. The Hall–Kier alpha value is -2.05. The Bertz CT molecular complexity index is 903. The van der Waals surface area contributed by atoms with E-state index >= 15 is 0 Å². The van der Waals surface area contributed by atoms with Crippen molar-refractivity contribution < 1.29 is 13.2 Å². The van der Waals surface area contributed by atoms with E-state index in [1.165, 1.54) is 10.6 Å². The molecule has 0 radical (unpaired) electrons. The van der Waals surface area contributed by atoms with Gasteiger partial charge >= 0.3 is 0 Å². The van der Waals surface area contributed by atoms with Crippen LogP contribution in [0.2, 0.25) is 5.02 Å². The number of aryl methyl sites for hydroxylation is 3. The number of nitrogens with one attached hydrogen (secondary N) is 1. The standard InChI is InChI=1S/C19H23ClN2O3S/c1-13-10-14(2)18(15(3)11-13)22(26(4,24)25)9-8-21-19(23)16-6-5-7-17(20)12-16/h5-7,10-12H,8-9H2,1-4H3,(H,21,23). The highest BCUT2D eigenvalue weighted by atomic mass is 35.5. The largest absolute Gasteiger partial charge is 0.350 e. The zero-order chi connectivity index (χ0) is 19.5. The number of nitrogens with zero attached hydrogens (tertiary/aromatic N) is 1. The number of carbonyl (C=O) groups excluding carboxylic acids is 1. The van der Waals surface area contributed by atoms with Crippen LogP contribution in [-0.4, -0.2) is 33.7 Å². The van der Waals surface area contributed by atoms with E-state index < -0.39 is 10.0 Å². The molecule has 0 saturated heterocycles. The van der Waals surface area contributed by atoms with Crippen LogP contribution in [0.4, 0.5) is 5.69 Å². The summed E-state index contributed by atoms with van der Waals surface area (Å²) in [6.07, 6.45) is 1.17. The average Bonchev–Trinajstić information content (AvgIpc) is 2.51. The molecular formula is C19H23ClN2O3S. The molecule has 0 aliphatic carbocycles. The smallest absolute Gasteiger partial charge is 0.251 e. The van der Waals surface area contributed by atoms with Crippen molar-refractivity contribution in [3.05, 3.63) is 63.7 Å². The monoisotopic (exact) mass is 394 g/mol. The van der Waals surface area contributed by atoms with Crippen molar-refractivity contribution in [3.63, 3.8) is 0 Å². The first-order valence-corrected chi connectivity index (χ1v) is 10.4. The molecule has 0 aromatic heterocycles. The number of amides is 1. The van der Waals surface area contributed by atoms with Crippen molar-refractivity contribution in [1.29, 1.82) is 0 Å². The third-order valence-electron chi connectivity index (χ3n) is 3.97. The molecule has 0 atom stereocenters. The lowest BCUT2D eigenvalue weighted by Gasteiger charge is -2.26. The molecule has 7 heteroatoms. The lowest BCUT2D eigenvalue weighted by atomic mass is 10.1. The van der Waals surface area contributed by atoms with Gasteiger partial charge in [-0.1, -0.05) is 35.4 Å². The minimum atomic E-state index is -3.48. The zero-order valence-electron chi connectivity index (χ0n) is 15.3. The Morgan fingerprint density at radius 3 is 2.27 bits per heavy atom. The summed E-state index contributed by atoms with van der Waals surface area (Å²) in [6.45, 7) is 6.08. The van der Waals surface area contributed by atoms with Crippen LogP contribution < -0.4 is 9.62 Å². The number of carbonyl (C=O) groups is 1. The molecule has 1 N–H and O–H groups in total. The molecule has 2 aromatic rings. The molecule has 140 valence electrons. The fraction of sp³-hybridized carbons (Fsp3) is 0.316. The number of sulfonamides is 1. The van der Waals surface area contributed by atoms with Crippen molar-refractivity contribution in [1.82, 2.24) is 5.32 Å². The molecule has 0 aliphatic rings. The number of benzene rings is 2. The van der Waals surface area contributed by atoms with Gasteiger partial charge in [-0.25, -0.2) is 8.42 Å². The summed E-state index contributed by atoms with van der Waals surface area (Å²) in [5.74, 6) is -0.293. The van der Waals surface area contributed by atoms with Crippen LogP contribution in [-0.2, 0) is 10.0 Å². The summed E-state index contributed by atoms with van der Waals surface area (Å²) in [5.41, 5.74) is 3.94. The van der Waals surface area contributed by atoms with Gasteiger partial charge in [0.25, 0.3) is 5.91 Å². The lowest BCUT2D eigenvalue weighted by Crippen LogP contribution is -2.39. The van der Waals surface area contributed by atoms with Crippen molar-refractivity contribution in [2.24, 2.45) is 0 Å². The number of halogens is 1. The molecule has 0 spiro atoms. The highest BCUT2D eigenvalue weighted by Gasteiger charge is 2.21. The maximum Gasteiger partial charge on any atom is 0.251 e. The lowest BCUT2D eigenvalue weighted by molar-refractivity contribution is 0.0955. The predicted octanol–water partition coefficient (Wildman–Crippen LogP) is 3.46. The summed E-state index contributed by atoms with van der Waals surface area (Å²) in [7, 11) is -3.48. The van der Waals surface area contributed by atoms with E-state index in [0.717, 1.165) is 16.7 Å². The van der Waals surface area contributed by atoms with Gasteiger partial charge in [-0.05, 0) is 50.1 Å². The molecule has 0 fully saturated rings. The van der Waals surface area contributed by atoms with Crippen LogP contribution in [0.25, 0.3) is 0 Å².